The van der Waals surface area contributed by atoms with Crippen LogP contribution >= 0.6 is 0 Å². The van der Waals surface area contributed by atoms with Crippen molar-refractivity contribution in [2.45, 2.75) is 129 Å². The predicted molar refractivity (Wildman–Crippen MR) is 119 cm³/mol. The van der Waals surface area contributed by atoms with Gasteiger partial charge in [-0.25, -0.2) is 0 Å². The fraction of sp³-hybridized carbons (Fsp3) is 0.769. The highest BCUT2D eigenvalue weighted by Gasteiger charge is 2.11. The Labute approximate surface area is 165 Å². The van der Waals surface area contributed by atoms with E-state index < -0.39 is 0 Å². The highest BCUT2D eigenvalue weighted by molar-refractivity contribution is 5.24. The lowest BCUT2D eigenvalue weighted by Crippen LogP contribution is -2.00. The molecule has 1 rings (SSSR count). The second-order valence-corrected chi connectivity index (χ2v) is 8.43. The van der Waals surface area contributed by atoms with E-state index in [2.05, 4.69) is 45.0 Å². The first-order chi connectivity index (χ1) is 12.8. The lowest BCUT2D eigenvalue weighted by atomic mass is 9.88. The summed E-state index contributed by atoms with van der Waals surface area (Å²) in [7, 11) is 0. The number of unbranched alkanes of at least 4 members (excludes halogenated alkanes) is 12. The molecule has 0 aliphatic heterocycles. The smallest absolute Gasteiger partial charge is 0.0162 e. The van der Waals surface area contributed by atoms with E-state index in [-0.39, 0.29) is 0 Å². The lowest BCUT2D eigenvalue weighted by molar-refractivity contribution is 0.485. The van der Waals surface area contributed by atoms with Crippen molar-refractivity contribution in [1.29, 1.82) is 0 Å². The van der Waals surface area contributed by atoms with Crippen LogP contribution in [0.25, 0.3) is 0 Å². The maximum atomic E-state index is 2.39. The Morgan fingerprint density at radius 3 is 1.35 bits per heavy atom. The molecule has 150 valence electrons. The Kier molecular flexibility index (Phi) is 14.7. The summed E-state index contributed by atoms with van der Waals surface area (Å²) in [6.45, 7) is 6.80. The third-order valence-corrected chi connectivity index (χ3v) is 5.86. The van der Waals surface area contributed by atoms with Crippen molar-refractivity contribution >= 4 is 0 Å². The van der Waals surface area contributed by atoms with Crippen LogP contribution < -0.4 is 0 Å². The molecule has 1 atom stereocenters. The van der Waals surface area contributed by atoms with Crippen molar-refractivity contribution in [2.24, 2.45) is 0 Å². The maximum Gasteiger partial charge on any atom is -0.0162 e. The molecule has 0 amide bonds. The van der Waals surface area contributed by atoms with Gasteiger partial charge in [0.2, 0.25) is 0 Å². The Morgan fingerprint density at radius 1 is 0.538 bits per heavy atom. The third kappa shape index (κ3) is 11.8. The van der Waals surface area contributed by atoms with Gasteiger partial charge in [0, 0.05) is 0 Å². The quantitative estimate of drug-likeness (QED) is 0.243. The molecule has 0 saturated carbocycles. The SMILES string of the molecule is CCCCCCCCCCCC(CCCCCCC)c1ccc(C)cc1. The molecule has 26 heavy (non-hydrogen) atoms. The van der Waals surface area contributed by atoms with Crippen molar-refractivity contribution in [1.82, 2.24) is 0 Å². The lowest BCUT2D eigenvalue weighted by Gasteiger charge is -2.18. The molecule has 0 saturated heterocycles. The topological polar surface area (TPSA) is 0 Å². The number of benzene rings is 1. The summed E-state index contributed by atoms with van der Waals surface area (Å²) in [5.74, 6) is 0.793. The second kappa shape index (κ2) is 16.4. The number of aryl methyl sites for hydroxylation is 1. The summed E-state index contributed by atoms with van der Waals surface area (Å²) in [5, 5.41) is 0. The molecule has 0 aromatic heterocycles. The van der Waals surface area contributed by atoms with Crippen LogP contribution in [-0.4, -0.2) is 0 Å². The standard InChI is InChI=1S/C26H46/c1-4-6-8-10-11-12-13-15-17-19-25(18-16-14-9-7-5-2)26-22-20-24(3)21-23-26/h20-23,25H,4-19H2,1-3H3. The number of hydrogen-bond acceptors (Lipinski definition) is 0. The van der Waals surface area contributed by atoms with Gasteiger partial charge in [-0.3, -0.25) is 0 Å². The summed E-state index contributed by atoms with van der Waals surface area (Å²) >= 11 is 0. The first-order valence-electron chi connectivity index (χ1n) is 11.8. The van der Waals surface area contributed by atoms with Gasteiger partial charge >= 0.3 is 0 Å². The molecule has 0 aliphatic rings. The van der Waals surface area contributed by atoms with Crippen molar-refractivity contribution in [3.05, 3.63) is 35.4 Å². The molecule has 0 bridgehead atoms. The van der Waals surface area contributed by atoms with Gasteiger partial charge in [0.1, 0.15) is 0 Å². The van der Waals surface area contributed by atoms with Gasteiger partial charge in [-0.1, -0.05) is 134 Å². The molecule has 0 fully saturated rings. The maximum absolute atomic E-state index is 2.39. The number of rotatable bonds is 17. The Morgan fingerprint density at radius 2 is 0.923 bits per heavy atom. The van der Waals surface area contributed by atoms with Crippen molar-refractivity contribution in [3.63, 3.8) is 0 Å². The van der Waals surface area contributed by atoms with E-state index in [4.69, 9.17) is 0 Å². The van der Waals surface area contributed by atoms with E-state index in [1.54, 1.807) is 5.56 Å². The van der Waals surface area contributed by atoms with Crippen LogP contribution in [0.2, 0.25) is 0 Å². The van der Waals surface area contributed by atoms with E-state index in [0.29, 0.717) is 0 Å². The van der Waals surface area contributed by atoms with Crippen LogP contribution in [0.15, 0.2) is 24.3 Å². The van der Waals surface area contributed by atoms with Gasteiger partial charge in [-0.15, -0.1) is 0 Å². The van der Waals surface area contributed by atoms with E-state index in [0.717, 1.165) is 5.92 Å². The number of hydrogen-bond donors (Lipinski definition) is 0. The van der Waals surface area contributed by atoms with E-state index in [9.17, 15) is 0 Å². The van der Waals surface area contributed by atoms with Crippen LogP contribution in [0.5, 0.6) is 0 Å². The Bertz CT molecular complexity index is 403. The predicted octanol–water partition coefficient (Wildman–Crippen LogP) is 9.36. The van der Waals surface area contributed by atoms with Gasteiger partial charge in [0.05, 0.1) is 0 Å². The molecule has 1 aromatic rings. The monoisotopic (exact) mass is 358 g/mol. The molecule has 0 aliphatic carbocycles. The van der Waals surface area contributed by atoms with Crippen LogP contribution in [0.4, 0.5) is 0 Å². The molecule has 0 nitrogen and oxygen atoms in total. The van der Waals surface area contributed by atoms with Gasteiger partial charge in [0.15, 0.2) is 0 Å². The summed E-state index contributed by atoms with van der Waals surface area (Å²) < 4.78 is 0. The molecule has 0 heterocycles. The first-order valence-corrected chi connectivity index (χ1v) is 11.8. The normalized spacial score (nSPS) is 12.4. The van der Waals surface area contributed by atoms with E-state index in [1.807, 2.05) is 0 Å². The fourth-order valence-corrected chi connectivity index (χ4v) is 4.01. The Balaban J connectivity index is 2.25. The highest BCUT2D eigenvalue weighted by Crippen LogP contribution is 2.29. The molecule has 0 N–H and O–H groups in total. The first kappa shape index (κ1) is 23.3. The van der Waals surface area contributed by atoms with Crippen molar-refractivity contribution < 1.29 is 0 Å². The van der Waals surface area contributed by atoms with Crippen LogP contribution in [-0.2, 0) is 0 Å². The molecular formula is C26H46. The van der Waals surface area contributed by atoms with Crippen molar-refractivity contribution in [3.8, 4) is 0 Å². The molecular weight excluding hydrogens is 312 g/mol. The van der Waals surface area contributed by atoms with Gasteiger partial charge in [-0.05, 0) is 31.2 Å². The molecule has 1 aromatic carbocycles. The van der Waals surface area contributed by atoms with Crippen LogP contribution in [0.1, 0.15) is 134 Å². The third-order valence-electron chi connectivity index (χ3n) is 5.86. The summed E-state index contributed by atoms with van der Waals surface area (Å²) in [6, 6.07) is 9.38. The van der Waals surface area contributed by atoms with Crippen molar-refractivity contribution in [2.75, 3.05) is 0 Å². The fourth-order valence-electron chi connectivity index (χ4n) is 4.01. The molecule has 0 heteroatoms. The molecule has 0 spiro atoms. The van der Waals surface area contributed by atoms with Gasteiger partial charge < -0.3 is 0 Å². The zero-order valence-electron chi connectivity index (χ0n) is 18.2. The summed E-state index contributed by atoms with van der Waals surface area (Å²) in [4.78, 5) is 0. The zero-order valence-corrected chi connectivity index (χ0v) is 18.2. The Hall–Kier alpha value is -0.780. The largest absolute Gasteiger partial charge is 0.0654 e. The zero-order chi connectivity index (χ0) is 18.9. The minimum Gasteiger partial charge on any atom is -0.0654 e. The van der Waals surface area contributed by atoms with Crippen LogP contribution in [0, 0.1) is 6.92 Å². The average Bonchev–Trinajstić information content (AvgIpc) is 2.65. The second-order valence-electron chi connectivity index (χ2n) is 8.43. The average molecular weight is 359 g/mol. The minimum absolute atomic E-state index is 0.793. The summed E-state index contributed by atoms with van der Waals surface area (Å²) in [5.41, 5.74) is 2.98. The summed E-state index contributed by atoms with van der Waals surface area (Å²) in [6.07, 6.45) is 22.7. The highest BCUT2D eigenvalue weighted by atomic mass is 14.2. The van der Waals surface area contributed by atoms with E-state index >= 15 is 0 Å². The minimum atomic E-state index is 0.793. The van der Waals surface area contributed by atoms with Gasteiger partial charge in [-0.2, -0.15) is 0 Å². The van der Waals surface area contributed by atoms with E-state index in [1.165, 1.54) is 108 Å². The van der Waals surface area contributed by atoms with Gasteiger partial charge in [0.25, 0.3) is 0 Å². The molecule has 1 unspecified atom stereocenters. The molecule has 0 radical (unpaired) electrons. The van der Waals surface area contributed by atoms with Crippen LogP contribution in [0.3, 0.4) is 0 Å².